The van der Waals surface area contributed by atoms with E-state index in [9.17, 15) is 0 Å². The predicted molar refractivity (Wildman–Crippen MR) is 208 cm³/mol. The molecule has 4 aromatic carbocycles. The molecule has 0 spiro atoms. The molecule has 5 heteroatoms. The standard InChI is InChI=1S/C22H21N2.2C12H10N.Ir/c1-15(2)14-24-21-10-5-4-7-17(21)18-8-6-9-19(22(18)24)20-12-11-16(3)13-23-20;2*1-10-6-5-9-12(13-10)11-7-3-2-4-8-11;/h4-8,10-13,15H,14H2,1-3H3;2*2-7,9H,1H3;/q3*-1;+3. The summed E-state index contributed by atoms with van der Waals surface area (Å²) in [4.78, 5) is 13.5. The molecule has 0 saturated carbocycles. The minimum Gasteiger partial charge on any atom is -0.380 e. The van der Waals surface area contributed by atoms with Gasteiger partial charge in [-0.15, -0.1) is 95.6 Å². The smallest absolute Gasteiger partial charge is 0.380 e. The molecule has 0 radical (unpaired) electrons. The normalized spacial score (nSPS) is 10.5. The molecule has 4 nitrogen and oxygen atoms in total. The average Bonchev–Trinajstić information content (AvgIpc) is 3.46. The second kappa shape index (κ2) is 17.6. The summed E-state index contributed by atoms with van der Waals surface area (Å²) in [5, 5.41) is 2.58. The first-order valence-electron chi connectivity index (χ1n) is 17.0. The maximum absolute atomic E-state index is 4.64. The Morgan fingerprint density at radius 2 is 1.18 bits per heavy atom. The summed E-state index contributed by atoms with van der Waals surface area (Å²) in [6.07, 6.45) is 1.93. The summed E-state index contributed by atoms with van der Waals surface area (Å²) in [5.74, 6) is 0.572. The van der Waals surface area contributed by atoms with Gasteiger partial charge in [-0.2, -0.15) is 0 Å². The van der Waals surface area contributed by atoms with Gasteiger partial charge in [0.15, 0.2) is 0 Å². The van der Waals surface area contributed by atoms with E-state index in [1.807, 2.05) is 111 Å². The number of benzene rings is 4. The van der Waals surface area contributed by atoms with Crippen molar-refractivity contribution in [2.75, 3.05) is 0 Å². The van der Waals surface area contributed by atoms with Crippen LogP contribution in [-0.4, -0.2) is 19.5 Å². The van der Waals surface area contributed by atoms with Crippen LogP contribution in [0.3, 0.4) is 0 Å². The third-order valence-electron chi connectivity index (χ3n) is 8.19. The van der Waals surface area contributed by atoms with Crippen LogP contribution in [0, 0.1) is 44.9 Å². The Morgan fingerprint density at radius 1 is 0.569 bits per heavy atom. The summed E-state index contributed by atoms with van der Waals surface area (Å²) in [5.41, 5.74) is 11.9. The number of hydrogen-bond donors (Lipinski definition) is 0. The van der Waals surface area contributed by atoms with Crippen LogP contribution in [0.5, 0.6) is 0 Å². The number of aromatic nitrogens is 4. The van der Waals surface area contributed by atoms with Gasteiger partial charge in [0.25, 0.3) is 0 Å². The number of fused-ring (bicyclic) bond motifs is 3. The van der Waals surface area contributed by atoms with Gasteiger partial charge < -0.3 is 19.5 Å². The second-order valence-electron chi connectivity index (χ2n) is 12.7. The van der Waals surface area contributed by atoms with E-state index in [2.05, 4.69) is 101 Å². The van der Waals surface area contributed by atoms with Crippen LogP contribution in [0.15, 0.2) is 140 Å². The Labute approximate surface area is 315 Å². The first-order chi connectivity index (χ1) is 24.4. The zero-order valence-electron chi connectivity index (χ0n) is 29.7. The van der Waals surface area contributed by atoms with Crippen molar-refractivity contribution in [3.63, 3.8) is 0 Å². The van der Waals surface area contributed by atoms with Crippen molar-refractivity contribution in [2.24, 2.45) is 5.92 Å². The van der Waals surface area contributed by atoms with Crippen LogP contribution in [0.25, 0.3) is 55.6 Å². The third-order valence-corrected chi connectivity index (χ3v) is 8.19. The van der Waals surface area contributed by atoms with E-state index >= 15 is 0 Å². The van der Waals surface area contributed by atoms with Crippen molar-refractivity contribution in [1.82, 2.24) is 19.5 Å². The number of nitrogens with zero attached hydrogens (tertiary/aromatic N) is 4. The molecular formula is C46H41IrN4. The predicted octanol–water partition coefficient (Wildman–Crippen LogP) is 11.3. The van der Waals surface area contributed by atoms with Crippen molar-refractivity contribution in [3.8, 4) is 33.8 Å². The monoisotopic (exact) mass is 842 g/mol. The zero-order chi connectivity index (χ0) is 34.9. The van der Waals surface area contributed by atoms with Gasteiger partial charge in [0, 0.05) is 29.6 Å². The van der Waals surface area contributed by atoms with Crippen molar-refractivity contribution >= 4 is 21.8 Å². The molecular weight excluding hydrogens is 801 g/mol. The molecule has 0 bridgehead atoms. The molecule has 0 unspecified atom stereocenters. The van der Waals surface area contributed by atoms with Gasteiger partial charge >= 0.3 is 20.1 Å². The molecule has 0 aliphatic carbocycles. The fraction of sp³-hybridized carbons (Fsp3) is 0.152. The molecule has 51 heavy (non-hydrogen) atoms. The molecule has 254 valence electrons. The summed E-state index contributed by atoms with van der Waals surface area (Å²) >= 11 is 0. The number of pyridine rings is 3. The summed E-state index contributed by atoms with van der Waals surface area (Å²) in [6, 6.07) is 54.5. The number of hydrogen-bond acceptors (Lipinski definition) is 3. The van der Waals surface area contributed by atoms with E-state index in [0.29, 0.717) is 5.92 Å². The summed E-state index contributed by atoms with van der Waals surface area (Å²) in [7, 11) is 0. The first kappa shape index (κ1) is 37.0. The van der Waals surface area contributed by atoms with Crippen molar-refractivity contribution < 1.29 is 20.1 Å². The second-order valence-corrected chi connectivity index (χ2v) is 12.7. The Bertz CT molecular complexity index is 2210. The van der Waals surface area contributed by atoms with E-state index < -0.39 is 0 Å². The largest absolute Gasteiger partial charge is 3.00 e. The molecule has 0 amide bonds. The van der Waals surface area contributed by atoms with Gasteiger partial charge in [0.2, 0.25) is 0 Å². The van der Waals surface area contributed by atoms with Crippen LogP contribution in [0.1, 0.15) is 30.8 Å². The molecule has 0 aliphatic rings. The van der Waals surface area contributed by atoms with E-state index in [1.165, 1.54) is 27.4 Å². The van der Waals surface area contributed by atoms with Gasteiger partial charge in [0.05, 0.1) is 0 Å². The van der Waals surface area contributed by atoms with Crippen molar-refractivity contribution in [2.45, 2.75) is 41.2 Å². The van der Waals surface area contributed by atoms with Crippen LogP contribution < -0.4 is 0 Å². The molecule has 0 saturated heterocycles. The average molecular weight is 842 g/mol. The number of aryl methyl sites for hydroxylation is 3. The van der Waals surface area contributed by atoms with Gasteiger partial charge in [-0.1, -0.05) is 73.8 Å². The van der Waals surface area contributed by atoms with E-state index in [1.54, 1.807) is 0 Å². The molecule has 4 heterocycles. The van der Waals surface area contributed by atoms with Gasteiger partial charge in [0.1, 0.15) is 0 Å². The maximum atomic E-state index is 4.64. The molecule has 8 aromatic rings. The first-order valence-corrected chi connectivity index (χ1v) is 17.0. The minimum atomic E-state index is 0. The maximum Gasteiger partial charge on any atom is 3.00 e. The fourth-order valence-corrected chi connectivity index (χ4v) is 5.90. The van der Waals surface area contributed by atoms with E-state index in [-0.39, 0.29) is 20.1 Å². The molecule has 4 aromatic heterocycles. The number of rotatable bonds is 5. The SMILES string of the molecule is Cc1ccc(-c2[c-]ccc3c4ccccc4n(CC(C)C)c23)nc1.Cc1cccc(-c2[c-]cccc2)n1.Cc1cccc(-c2[c-]cccc2)n1.[Ir+3]. The molecule has 0 aliphatic heterocycles. The van der Waals surface area contributed by atoms with Crippen molar-refractivity contribution in [3.05, 3.63) is 175 Å². The zero-order valence-corrected chi connectivity index (χ0v) is 32.1. The Morgan fingerprint density at radius 3 is 1.71 bits per heavy atom. The van der Waals surface area contributed by atoms with Crippen molar-refractivity contribution in [1.29, 1.82) is 0 Å². The van der Waals surface area contributed by atoms with Crippen LogP contribution in [0.4, 0.5) is 0 Å². The molecule has 8 rings (SSSR count). The minimum absolute atomic E-state index is 0. The molecule has 0 fully saturated rings. The van der Waals surface area contributed by atoms with Gasteiger partial charge in [-0.25, -0.2) is 0 Å². The van der Waals surface area contributed by atoms with E-state index in [4.69, 9.17) is 0 Å². The Kier molecular flexibility index (Phi) is 12.8. The Hall–Kier alpha value is -5.22. The van der Waals surface area contributed by atoms with Crippen LogP contribution >= 0.6 is 0 Å². The van der Waals surface area contributed by atoms with Gasteiger partial charge in [-0.3, -0.25) is 0 Å². The number of para-hydroxylation sites is 1. The molecule has 0 N–H and O–H groups in total. The molecule has 0 atom stereocenters. The topological polar surface area (TPSA) is 43.6 Å². The third kappa shape index (κ3) is 9.32. The van der Waals surface area contributed by atoms with Crippen LogP contribution in [0.2, 0.25) is 0 Å². The summed E-state index contributed by atoms with van der Waals surface area (Å²) < 4.78 is 2.43. The fourth-order valence-electron chi connectivity index (χ4n) is 5.90. The quantitative estimate of drug-likeness (QED) is 0.162. The van der Waals surface area contributed by atoms with Crippen LogP contribution in [-0.2, 0) is 26.7 Å². The Balaban J connectivity index is 0.000000159. The summed E-state index contributed by atoms with van der Waals surface area (Å²) in [6.45, 7) is 11.6. The van der Waals surface area contributed by atoms with Gasteiger partial charge in [-0.05, 0) is 78.4 Å². The van der Waals surface area contributed by atoms with E-state index in [0.717, 1.165) is 51.7 Å².